The van der Waals surface area contributed by atoms with Crippen molar-refractivity contribution in [2.24, 2.45) is 0 Å². The highest BCUT2D eigenvalue weighted by Crippen LogP contribution is 2.03. The molecule has 1 N–H and O–H groups in total. The Kier molecular flexibility index (Phi) is 1.71. The first-order valence-corrected chi connectivity index (χ1v) is 3.01. The SMILES string of the molecule is [CH2-]N1CC(NC(C)=O)C1. The van der Waals surface area contributed by atoms with Crippen LogP contribution in [0.1, 0.15) is 6.92 Å². The second-order valence-corrected chi connectivity index (χ2v) is 2.43. The van der Waals surface area contributed by atoms with E-state index in [1.807, 2.05) is 4.90 Å². The Hall–Kier alpha value is -0.570. The molecule has 1 aliphatic rings. The molecule has 1 fully saturated rings. The van der Waals surface area contributed by atoms with Gasteiger partial charge in [-0.3, -0.25) is 11.8 Å². The van der Waals surface area contributed by atoms with Crippen LogP contribution in [0, 0.1) is 7.05 Å². The van der Waals surface area contributed by atoms with E-state index < -0.39 is 0 Å². The highest BCUT2D eigenvalue weighted by molar-refractivity contribution is 5.73. The van der Waals surface area contributed by atoms with Crippen molar-refractivity contribution < 1.29 is 4.79 Å². The predicted octanol–water partition coefficient (Wildman–Crippen LogP) is -0.402. The second-order valence-electron chi connectivity index (χ2n) is 2.43. The Bertz CT molecular complexity index is 118. The zero-order chi connectivity index (χ0) is 6.85. The van der Waals surface area contributed by atoms with Gasteiger partial charge in [-0.25, -0.2) is 0 Å². The lowest BCUT2D eigenvalue weighted by molar-refractivity contribution is -0.120. The molecule has 52 valence electrons. The zero-order valence-corrected chi connectivity index (χ0v) is 5.55. The van der Waals surface area contributed by atoms with E-state index in [2.05, 4.69) is 12.4 Å². The summed E-state index contributed by atoms with van der Waals surface area (Å²) in [7, 11) is 3.68. The molecule has 0 saturated carbocycles. The van der Waals surface area contributed by atoms with Gasteiger partial charge >= 0.3 is 0 Å². The van der Waals surface area contributed by atoms with Crippen molar-refractivity contribution >= 4 is 5.91 Å². The molecule has 0 radical (unpaired) electrons. The van der Waals surface area contributed by atoms with Crippen LogP contribution >= 0.6 is 0 Å². The summed E-state index contributed by atoms with van der Waals surface area (Å²) in [6.07, 6.45) is 0. The van der Waals surface area contributed by atoms with Crippen LogP contribution < -0.4 is 5.32 Å². The van der Waals surface area contributed by atoms with Gasteiger partial charge in [-0.1, -0.05) is 0 Å². The van der Waals surface area contributed by atoms with Crippen molar-refractivity contribution in [2.45, 2.75) is 13.0 Å². The Balaban J connectivity index is 2.11. The van der Waals surface area contributed by atoms with E-state index >= 15 is 0 Å². The third kappa shape index (κ3) is 1.68. The zero-order valence-electron chi connectivity index (χ0n) is 5.55. The highest BCUT2D eigenvalue weighted by atomic mass is 16.1. The van der Waals surface area contributed by atoms with Crippen LogP contribution in [-0.4, -0.2) is 29.9 Å². The van der Waals surface area contributed by atoms with Gasteiger partial charge in [-0.05, 0) is 13.1 Å². The van der Waals surface area contributed by atoms with E-state index in [-0.39, 0.29) is 5.91 Å². The van der Waals surface area contributed by atoms with Gasteiger partial charge in [0.1, 0.15) is 0 Å². The van der Waals surface area contributed by atoms with Crippen molar-refractivity contribution in [3.8, 4) is 0 Å². The Labute approximate surface area is 55.0 Å². The van der Waals surface area contributed by atoms with Gasteiger partial charge in [-0.15, -0.1) is 0 Å². The molecular weight excluding hydrogens is 116 g/mol. The van der Waals surface area contributed by atoms with Gasteiger partial charge < -0.3 is 10.2 Å². The number of rotatable bonds is 1. The molecule has 0 atom stereocenters. The number of amides is 1. The molecule has 3 heteroatoms. The first-order valence-electron chi connectivity index (χ1n) is 3.01. The lowest BCUT2D eigenvalue weighted by Crippen LogP contribution is -2.56. The Morgan fingerprint density at radius 2 is 2.33 bits per heavy atom. The average molecular weight is 127 g/mol. The normalized spacial score (nSPS) is 21.1. The van der Waals surface area contributed by atoms with Crippen LogP contribution in [0.3, 0.4) is 0 Å². The number of nitrogens with zero attached hydrogens (tertiary/aromatic N) is 1. The first kappa shape index (κ1) is 6.55. The second kappa shape index (κ2) is 2.35. The maximum absolute atomic E-state index is 10.4. The number of nitrogens with one attached hydrogen (secondary N) is 1. The van der Waals surface area contributed by atoms with Crippen molar-refractivity contribution in [3.05, 3.63) is 7.05 Å². The summed E-state index contributed by atoms with van der Waals surface area (Å²) in [4.78, 5) is 12.3. The summed E-state index contributed by atoms with van der Waals surface area (Å²) in [5.41, 5.74) is 0. The average Bonchev–Trinajstić information content (AvgIpc) is 1.60. The molecule has 1 amide bonds. The van der Waals surface area contributed by atoms with Gasteiger partial charge in [0.05, 0.1) is 0 Å². The fraction of sp³-hybridized carbons (Fsp3) is 0.667. The molecule has 1 rings (SSSR count). The standard InChI is InChI=1S/C6H11N2O/c1-5(9)7-6-3-8(2)4-6/h6H,2-4H2,1H3,(H,7,9)/q-1. The van der Waals surface area contributed by atoms with E-state index in [0.717, 1.165) is 13.1 Å². The molecule has 3 nitrogen and oxygen atoms in total. The molecule has 0 aliphatic carbocycles. The number of hydrogen-bond acceptors (Lipinski definition) is 2. The summed E-state index contributed by atoms with van der Waals surface area (Å²) in [5.74, 6) is 0.0492. The third-order valence-electron chi connectivity index (χ3n) is 1.36. The largest absolute Gasteiger partial charge is 0.456 e. The fourth-order valence-electron chi connectivity index (χ4n) is 0.949. The summed E-state index contributed by atoms with van der Waals surface area (Å²) >= 11 is 0. The number of likely N-dealkylation sites (tertiary alicyclic amines) is 1. The van der Waals surface area contributed by atoms with E-state index in [0.29, 0.717) is 6.04 Å². The van der Waals surface area contributed by atoms with Crippen LogP contribution in [0.5, 0.6) is 0 Å². The monoisotopic (exact) mass is 127 g/mol. The lowest BCUT2D eigenvalue weighted by Gasteiger charge is -2.42. The molecule has 1 saturated heterocycles. The smallest absolute Gasteiger partial charge is 0.217 e. The van der Waals surface area contributed by atoms with Crippen LogP contribution in [0.25, 0.3) is 0 Å². The van der Waals surface area contributed by atoms with Crippen LogP contribution in [0.2, 0.25) is 0 Å². The van der Waals surface area contributed by atoms with Gasteiger partial charge in [0.2, 0.25) is 5.91 Å². The fourth-order valence-corrected chi connectivity index (χ4v) is 0.949. The molecule has 0 unspecified atom stereocenters. The Morgan fingerprint density at radius 1 is 1.78 bits per heavy atom. The molecule has 0 aromatic carbocycles. The molecule has 0 bridgehead atoms. The quantitative estimate of drug-likeness (QED) is 0.486. The van der Waals surface area contributed by atoms with Gasteiger partial charge in [0.15, 0.2) is 0 Å². The molecule has 1 aliphatic heterocycles. The molecule has 0 aromatic rings. The van der Waals surface area contributed by atoms with Gasteiger partial charge in [0.25, 0.3) is 0 Å². The highest BCUT2D eigenvalue weighted by Gasteiger charge is 2.18. The number of hydrogen-bond donors (Lipinski definition) is 1. The minimum absolute atomic E-state index is 0.0492. The van der Waals surface area contributed by atoms with E-state index in [9.17, 15) is 4.79 Å². The predicted molar refractivity (Wildman–Crippen MR) is 34.5 cm³/mol. The van der Waals surface area contributed by atoms with Crippen LogP contribution in [0.15, 0.2) is 0 Å². The van der Waals surface area contributed by atoms with Crippen LogP contribution in [-0.2, 0) is 4.79 Å². The maximum atomic E-state index is 10.4. The minimum atomic E-state index is 0.0492. The molecule has 9 heavy (non-hydrogen) atoms. The number of carbonyl (C=O) groups is 1. The van der Waals surface area contributed by atoms with Crippen molar-refractivity contribution in [1.29, 1.82) is 0 Å². The summed E-state index contributed by atoms with van der Waals surface area (Å²) in [6.45, 7) is 3.31. The van der Waals surface area contributed by atoms with Crippen molar-refractivity contribution in [3.63, 3.8) is 0 Å². The minimum Gasteiger partial charge on any atom is -0.456 e. The summed E-state index contributed by atoms with van der Waals surface area (Å²) < 4.78 is 0. The number of carbonyl (C=O) groups excluding carboxylic acids is 1. The van der Waals surface area contributed by atoms with Gasteiger partial charge in [-0.2, -0.15) is 0 Å². The van der Waals surface area contributed by atoms with E-state index in [1.165, 1.54) is 6.92 Å². The molecule has 0 spiro atoms. The lowest BCUT2D eigenvalue weighted by atomic mass is 10.1. The Morgan fingerprint density at radius 3 is 2.67 bits per heavy atom. The van der Waals surface area contributed by atoms with Crippen molar-refractivity contribution in [2.75, 3.05) is 13.1 Å². The van der Waals surface area contributed by atoms with Crippen molar-refractivity contribution in [1.82, 2.24) is 10.2 Å². The maximum Gasteiger partial charge on any atom is 0.217 e. The molecule has 1 heterocycles. The van der Waals surface area contributed by atoms with Crippen LogP contribution in [0.4, 0.5) is 0 Å². The molecule has 0 aromatic heterocycles. The van der Waals surface area contributed by atoms with E-state index in [4.69, 9.17) is 0 Å². The third-order valence-corrected chi connectivity index (χ3v) is 1.36. The summed E-state index contributed by atoms with van der Waals surface area (Å²) in [5, 5.41) is 2.79. The molecular formula is C6H11N2O-. The van der Waals surface area contributed by atoms with E-state index in [1.54, 1.807) is 0 Å². The topological polar surface area (TPSA) is 32.3 Å². The summed E-state index contributed by atoms with van der Waals surface area (Å²) in [6, 6.07) is 0.347. The van der Waals surface area contributed by atoms with Gasteiger partial charge in [0, 0.05) is 13.0 Å². The first-order chi connectivity index (χ1) is 4.18.